The predicted octanol–water partition coefficient (Wildman–Crippen LogP) is 1.35. The molecule has 0 N–H and O–H groups in total. The normalized spacial score (nSPS) is 13.1. The highest BCUT2D eigenvalue weighted by Gasteiger charge is 2.11. The number of allylic oxidation sites excluding steroid dienone is 1. The van der Waals surface area contributed by atoms with Crippen molar-refractivity contribution in [3.8, 4) is 0 Å². The van der Waals surface area contributed by atoms with Gasteiger partial charge in [0.1, 0.15) is 0 Å². The second kappa shape index (κ2) is 5.71. The second-order valence-corrected chi connectivity index (χ2v) is 2.03. The molecule has 0 saturated heterocycles. The third kappa shape index (κ3) is 4.36. The van der Waals surface area contributed by atoms with Gasteiger partial charge in [-0.3, -0.25) is 10.1 Å². The lowest BCUT2D eigenvalue weighted by molar-refractivity contribution is -0.508. The van der Waals surface area contributed by atoms with E-state index < -0.39 is 6.04 Å². The lowest BCUT2D eigenvalue weighted by Crippen LogP contribution is -2.14. The minimum Gasteiger partial charge on any atom is -0.264 e. The Morgan fingerprint density at radius 3 is 2.64 bits per heavy atom. The third-order valence-corrected chi connectivity index (χ3v) is 1.22. The standard InChI is InChI=1S/C7H10BNO2/c1-2-7(9(10)11)5-3-4-6-8/h2-4,7H,1,5-6H2/b4-3+. The van der Waals surface area contributed by atoms with E-state index in [1.165, 1.54) is 6.08 Å². The van der Waals surface area contributed by atoms with Crippen LogP contribution in [0.3, 0.4) is 0 Å². The summed E-state index contributed by atoms with van der Waals surface area (Å²) >= 11 is 0. The van der Waals surface area contributed by atoms with Gasteiger partial charge in [0, 0.05) is 11.3 Å². The largest absolute Gasteiger partial charge is 0.264 e. The minimum atomic E-state index is -0.683. The first-order valence-electron chi connectivity index (χ1n) is 3.33. The smallest absolute Gasteiger partial charge is 0.234 e. The van der Waals surface area contributed by atoms with Crippen LogP contribution in [0.5, 0.6) is 0 Å². The van der Waals surface area contributed by atoms with Crippen LogP contribution in [0.4, 0.5) is 0 Å². The van der Waals surface area contributed by atoms with Gasteiger partial charge in [-0.15, -0.1) is 0 Å². The molecule has 0 aliphatic carbocycles. The van der Waals surface area contributed by atoms with Crippen molar-refractivity contribution >= 4 is 7.85 Å². The fourth-order valence-electron chi connectivity index (χ4n) is 0.600. The molecule has 0 aliphatic heterocycles. The van der Waals surface area contributed by atoms with Crippen LogP contribution < -0.4 is 0 Å². The zero-order valence-corrected chi connectivity index (χ0v) is 6.27. The molecule has 0 aromatic carbocycles. The van der Waals surface area contributed by atoms with Crippen molar-refractivity contribution in [1.82, 2.24) is 0 Å². The predicted molar refractivity (Wildman–Crippen MR) is 45.3 cm³/mol. The summed E-state index contributed by atoms with van der Waals surface area (Å²) < 4.78 is 0. The quantitative estimate of drug-likeness (QED) is 0.257. The average Bonchev–Trinajstić information content (AvgIpc) is 1.97. The van der Waals surface area contributed by atoms with E-state index in [0.717, 1.165) is 0 Å². The van der Waals surface area contributed by atoms with Crippen LogP contribution in [-0.4, -0.2) is 18.8 Å². The highest BCUT2D eigenvalue weighted by atomic mass is 16.6. The molecule has 0 rings (SSSR count). The molecule has 3 nitrogen and oxygen atoms in total. The van der Waals surface area contributed by atoms with Gasteiger partial charge < -0.3 is 0 Å². The van der Waals surface area contributed by atoms with Crippen LogP contribution in [0.15, 0.2) is 24.8 Å². The Bertz CT molecular complexity index is 168. The number of nitro groups is 1. The molecule has 4 heteroatoms. The number of hydrogen-bond acceptors (Lipinski definition) is 2. The van der Waals surface area contributed by atoms with Crippen LogP contribution in [0.2, 0.25) is 6.32 Å². The maximum Gasteiger partial charge on any atom is 0.234 e. The molecule has 0 aromatic heterocycles. The van der Waals surface area contributed by atoms with Gasteiger partial charge in [0.15, 0.2) is 0 Å². The Morgan fingerprint density at radius 2 is 2.27 bits per heavy atom. The van der Waals surface area contributed by atoms with Gasteiger partial charge in [-0.05, 0) is 6.08 Å². The lowest BCUT2D eigenvalue weighted by Gasteiger charge is -1.98. The van der Waals surface area contributed by atoms with E-state index >= 15 is 0 Å². The van der Waals surface area contributed by atoms with E-state index in [9.17, 15) is 10.1 Å². The molecule has 0 aliphatic rings. The summed E-state index contributed by atoms with van der Waals surface area (Å²) in [5, 5.41) is 10.2. The van der Waals surface area contributed by atoms with Gasteiger partial charge >= 0.3 is 0 Å². The summed E-state index contributed by atoms with van der Waals surface area (Å²) in [5.41, 5.74) is 0. The van der Waals surface area contributed by atoms with E-state index in [4.69, 9.17) is 7.85 Å². The molecular weight excluding hydrogens is 141 g/mol. The average molecular weight is 151 g/mol. The SMILES string of the molecule is [B]C/C=C/CC(C=C)[N+](=O)[O-]. The van der Waals surface area contributed by atoms with Crippen LogP contribution in [0.25, 0.3) is 0 Å². The van der Waals surface area contributed by atoms with Gasteiger partial charge in [-0.1, -0.05) is 25.1 Å². The van der Waals surface area contributed by atoms with Gasteiger partial charge in [0.2, 0.25) is 6.04 Å². The molecule has 0 saturated carbocycles. The van der Waals surface area contributed by atoms with E-state index in [1.807, 2.05) is 0 Å². The topological polar surface area (TPSA) is 43.1 Å². The monoisotopic (exact) mass is 151 g/mol. The molecular formula is C7H10BNO2. The number of hydrogen-bond donors (Lipinski definition) is 0. The van der Waals surface area contributed by atoms with Crippen LogP contribution in [0, 0.1) is 10.1 Å². The molecule has 11 heavy (non-hydrogen) atoms. The highest BCUT2D eigenvalue weighted by molar-refractivity contribution is 6.09. The van der Waals surface area contributed by atoms with E-state index in [-0.39, 0.29) is 4.92 Å². The lowest BCUT2D eigenvalue weighted by atomic mass is 10.0. The molecule has 0 bridgehead atoms. The van der Waals surface area contributed by atoms with Crippen LogP contribution in [-0.2, 0) is 0 Å². The Balaban J connectivity index is 3.79. The Hall–Kier alpha value is -1.06. The summed E-state index contributed by atoms with van der Waals surface area (Å²) in [6, 6.07) is -0.683. The first-order valence-corrected chi connectivity index (χ1v) is 3.33. The van der Waals surface area contributed by atoms with Gasteiger partial charge in [0.25, 0.3) is 0 Å². The fraction of sp³-hybridized carbons (Fsp3) is 0.429. The van der Waals surface area contributed by atoms with E-state index in [1.54, 1.807) is 12.2 Å². The molecule has 0 heterocycles. The first kappa shape index (κ1) is 9.94. The maximum atomic E-state index is 10.2. The Morgan fingerprint density at radius 1 is 1.64 bits per heavy atom. The number of nitrogens with zero attached hydrogens (tertiary/aromatic N) is 1. The molecule has 58 valence electrons. The van der Waals surface area contributed by atoms with Crippen molar-refractivity contribution in [2.45, 2.75) is 18.8 Å². The maximum absolute atomic E-state index is 10.2. The van der Waals surface area contributed by atoms with Gasteiger partial charge in [-0.2, -0.15) is 0 Å². The molecule has 0 aromatic rings. The van der Waals surface area contributed by atoms with Crippen LogP contribution in [0.1, 0.15) is 6.42 Å². The Labute approximate surface area is 67.4 Å². The molecule has 1 atom stereocenters. The van der Waals surface area contributed by atoms with E-state index in [0.29, 0.717) is 12.7 Å². The molecule has 0 fully saturated rings. The van der Waals surface area contributed by atoms with E-state index in [2.05, 4.69) is 6.58 Å². The van der Waals surface area contributed by atoms with Crippen molar-refractivity contribution in [3.63, 3.8) is 0 Å². The molecule has 0 spiro atoms. The van der Waals surface area contributed by atoms with Crippen molar-refractivity contribution in [3.05, 3.63) is 34.9 Å². The van der Waals surface area contributed by atoms with Gasteiger partial charge in [0.05, 0.1) is 7.85 Å². The van der Waals surface area contributed by atoms with Crippen molar-refractivity contribution in [1.29, 1.82) is 0 Å². The fourth-order valence-corrected chi connectivity index (χ4v) is 0.600. The Kier molecular flexibility index (Phi) is 5.16. The zero-order chi connectivity index (χ0) is 8.69. The summed E-state index contributed by atoms with van der Waals surface area (Å²) in [7, 11) is 5.15. The van der Waals surface area contributed by atoms with Crippen molar-refractivity contribution in [2.24, 2.45) is 0 Å². The zero-order valence-electron chi connectivity index (χ0n) is 6.27. The number of rotatable bonds is 5. The highest BCUT2D eigenvalue weighted by Crippen LogP contribution is 1.99. The van der Waals surface area contributed by atoms with Crippen LogP contribution >= 0.6 is 0 Å². The summed E-state index contributed by atoms with van der Waals surface area (Å²) in [5.74, 6) is 0. The summed E-state index contributed by atoms with van der Waals surface area (Å²) in [6.45, 7) is 3.35. The van der Waals surface area contributed by atoms with Crippen molar-refractivity contribution < 1.29 is 4.92 Å². The third-order valence-electron chi connectivity index (χ3n) is 1.22. The minimum absolute atomic E-state index is 0.367. The van der Waals surface area contributed by atoms with Gasteiger partial charge in [-0.25, -0.2) is 0 Å². The van der Waals surface area contributed by atoms with Crippen molar-refractivity contribution in [2.75, 3.05) is 0 Å². The molecule has 2 radical (unpaired) electrons. The molecule has 1 unspecified atom stereocenters. The summed E-state index contributed by atoms with van der Waals surface area (Å²) in [6.07, 6.45) is 5.49. The summed E-state index contributed by atoms with van der Waals surface area (Å²) in [4.78, 5) is 9.83. The first-order chi connectivity index (χ1) is 5.22. The second-order valence-electron chi connectivity index (χ2n) is 2.03. The molecule has 0 amide bonds.